The van der Waals surface area contributed by atoms with Crippen LogP contribution in [0, 0.1) is 0 Å². The van der Waals surface area contributed by atoms with Crippen molar-refractivity contribution in [3.63, 3.8) is 0 Å². The van der Waals surface area contributed by atoms with E-state index in [1.165, 1.54) is 0 Å². The molecular weight excluding hydrogens is 402 g/mol. The van der Waals surface area contributed by atoms with Gasteiger partial charge in [0.25, 0.3) is 11.8 Å². The maximum absolute atomic E-state index is 13.1. The van der Waals surface area contributed by atoms with E-state index in [0.29, 0.717) is 17.8 Å². The van der Waals surface area contributed by atoms with E-state index in [0.717, 1.165) is 38.5 Å². The lowest BCUT2D eigenvalue weighted by Crippen LogP contribution is -2.22. The number of fused-ring (bicyclic) bond motifs is 2. The number of ether oxygens (including phenoxy) is 1. The number of aromatic nitrogens is 2. The van der Waals surface area contributed by atoms with Gasteiger partial charge in [-0.3, -0.25) is 14.9 Å². The molecule has 0 bridgehead atoms. The van der Waals surface area contributed by atoms with Crippen LogP contribution in [-0.4, -0.2) is 28.1 Å². The van der Waals surface area contributed by atoms with Crippen molar-refractivity contribution < 1.29 is 14.3 Å². The molecule has 162 valence electrons. The summed E-state index contributed by atoms with van der Waals surface area (Å²) >= 11 is 0. The molecule has 1 N–H and O–H groups in total. The van der Waals surface area contributed by atoms with Crippen LogP contribution in [-0.2, 0) is 28.0 Å². The lowest BCUT2D eigenvalue weighted by molar-refractivity contribution is -0.122. The maximum atomic E-state index is 13.1. The van der Waals surface area contributed by atoms with Crippen molar-refractivity contribution in [1.29, 1.82) is 0 Å². The highest BCUT2D eigenvalue weighted by molar-refractivity contribution is 6.50. The van der Waals surface area contributed by atoms with Gasteiger partial charge in [-0.05, 0) is 31.5 Å². The number of carbonyl (C=O) groups excluding carboxylic acids is 2. The minimum atomic E-state index is -0.360. The minimum Gasteiger partial charge on any atom is -0.380 e. The lowest BCUT2D eigenvalue weighted by atomic mass is 9.95. The molecule has 0 saturated carbocycles. The van der Waals surface area contributed by atoms with Crippen molar-refractivity contribution in [2.24, 2.45) is 7.05 Å². The van der Waals surface area contributed by atoms with Gasteiger partial charge in [0.15, 0.2) is 0 Å². The number of aryl methyl sites for hydroxylation is 1. The van der Waals surface area contributed by atoms with Gasteiger partial charge in [-0.1, -0.05) is 30.3 Å². The third-order valence-corrected chi connectivity index (χ3v) is 6.13. The monoisotopic (exact) mass is 427 g/mol. The highest BCUT2D eigenvalue weighted by Gasteiger charge is 2.35. The van der Waals surface area contributed by atoms with E-state index in [9.17, 15) is 9.59 Å². The normalized spacial score (nSPS) is 14.4. The Hall–Kier alpha value is -3.64. The van der Waals surface area contributed by atoms with Gasteiger partial charge in [0.05, 0.1) is 17.8 Å². The summed E-state index contributed by atoms with van der Waals surface area (Å²) in [6.45, 7) is 4.72. The van der Waals surface area contributed by atoms with Crippen LogP contribution in [0.25, 0.3) is 33.0 Å². The third kappa shape index (κ3) is 2.99. The summed E-state index contributed by atoms with van der Waals surface area (Å²) in [5, 5.41) is 4.42. The van der Waals surface area contributed by atoms with Crippen LogP contribution in [0.2, 0.25) is 0 Å². The van der Waals surface area contributed by atoms with Crippen LogP contribution in [0.1, 0.15) is 36.6 Å². The summed E-state index contributed by atoms with van der Waals surface area (Å²) in [6, 6.07) is 14.2. The molecule has 1 aliphatic rings. The summed E-state index contributed by atoms with van der Waals surface area (Å²) in [5.41, 5.74) is 5.47. The molecule has 32 heavy (non-hydrogen) atoms. The van der Waals surface area contributed by atoms with Gasteiger partial charge in [0.2, 0.25) is 0 Å². The molecule has 0 spiro atoms. The number of imide groups is 1. The summed E-state index contributed by atoms with van der Waals surface area (Å²) in [4.78, 5) is 26.1. The second-order valence-electron chi connectivity index (χ2n) is 8.53. The van der Waals surface area contributed by atoms with Gasteiger partial charge in [0, 0.05) is 65.5 Å². The molecule has 3 heterocycles. The molecule has 4 aromatic rings. The smallest absolute Gasteiger partial charge is 0.259 e. The van der Waals surface area contributed by atoms with E-state index in [1.807, 2.05) is 60.4 Å². The number of carbonyl (C=O) groups is 2. The van der Waals surface area contributed by atoms with Crippen LogP contribution in [0.15, 0.2) is 54.9 Å². The summed E-state index contributed by atoms with van der Waals surface area (Å²) in [6.07, 6.45) is 3.92. The Kier molecular flexibility index (Phi) is 4.75. The second-order valence-corrected chi connectivity index (χ2v) is 8.53. The molecule has 2 aromatic carbocycles. The standard InChI is InChI=1S/C26H25N3O3/c1-15(2)29-13-20(18-10-9-16(14-32-4)11-22(18)29)24-23(25(30)27-26(24)31)19-12-28(3)21-8-6-5-7-17(19)21/h5-13,15H,14H2,1-4H3,(H,27,30,31). The first kappa shape index (κ1) is 20.3. The number of hydrogen-bond acceptors (Lipinski definition) is 3. The number of benzene rings is 2. The molecule has 0 saturated heterocycles. The summed E-state index contributed by atoms with van der Waals surface area (Å²) in [7, 11) is 3.62. The van der Waals surface area contributed by atoms with Crippen molar-refractivity contribution in [2.45, 2.75) is 26.5 Å². The Labute approximate surface area is 186 Å². The van der Waals surface area contributed by atoms with Gasteiger partial charge < -0.3 is 13.9 Å². The Morgan fingerprint density at radius 2 is 1.56 bits per heavy atom. The predicted octanol–water partition coefficient (Wildman–Crippen LogP) is 4.43. The van der Waals surface area contributed by atoms with Crippen molar-refractivity contribution in [3.05, 3.63) is 71.5 Å². The first-order valence-corrected chi connectivity index (χ1v) is 10.7. The third-order valence-electron chi connectivity index (χ3n) is 6.13. The van der Waals surface area contributed by atoms with Crippen LogP contribution < -0.4 is 5.32 Å². The minimum absolute atomic E-state index is 0.186. The topological polar surface area (TPSA) is 65.3 Å². The molecule has 2 aromatic heterocycles. The molecule has 6 nitrogen and oxygen atoms in total. The number of nitrogens with zero attached hydrogens (tertiary/aromatic N) is 2. The number of methoxy groups -OCH3 is 1. The van der Waals surface area contributed by atoms with Crippen LogP contribution in [0.3, 0.4) is 0 Å². The molecule has 5 rings (SSSR count). The predicted molar refractivity (Wildman–Crippen MR) is 126 cm³/mol. The maximum Gasteiger partial charge on any atom is 0.259 e. The zero-order chi connectivity index (χ0) is 22.6. The Balaban J connectivity index is 1.82. The Morgan fingerprint density at radius 1 is 0.906 bits per heavy atom. The Morgan fingerprint density at radius 3 is 2.25 bits per heavy atom. The van der Waals surface area contributed by atoms with Gasteiger partial charge in [0.1, 0.15) is 0 Å². The van der Waals surface area contributed by atoms with Crippen LogP contribution in [0.5, 0.6) is 0 Å². The molecular formula is C26H25N3O3. The SMILES string of the molecule is COCc1ccc2c(C3=C(c4cn(C)c5ccccc45)C(=O)NC3=O)cn(C(C)C)c2c1. The van der Waals surface area contributed by atoms with Crippen molar-refractivity contribution in [3.8, 4) is 0 Å². The van der Waals surface area contributed by atoms with Crippen molar-refractivity contribution in [2.75, 3.05) is 7.11 Å². The molecule has 6 heteroatoms. The fourth-order valence-corrected chi connectivity index (χ4v) is 4.69. The van der Waals surface area contributed by atoms with Crippen LogP contribution in [0.4, 0.5) is 0 Å². The van der Waals surface area contributed by atoms with Gasteiger partial charge in [-0.25, -0.2) is 0 Å². The summed E-state index contributed by atoms with van der Waals surface area (Å²) < 4.78 is 9.44. The molecule has 0 atom stereocenters. The zero-order valence-electron chi connectivity index (χ0n) is 18.6. The van der Waals surface area contributed by atoms with Gasteiger partial charge in [-0.15, -0.1) is 0 Å². The van der Waals surface area contributed by atoms with E-state index >= 15 is 0 Å². The van der Waals surface area contributed by atoms with Crippen molar-refractivity contribution in [1.82, 2.24) is 14.5 Å². The van der Waals surface area contributed by atoms with E-state index < -0.39 is 0 Å². The summed E-state index contributed by atoms with van der Waals surface area (Å²) in [5.74, 6) is -0.718. The van der Waals surface area contributed by atoms with E-state index in [4.69, 9.17) is 4.74 Å². The first-order valence-electron chi connectivity index (χ1n) is 10.7. The largest absolute Gasteiger partial charge is 0.380 e. The fraction of sp³-hybridized carbons (Fsp3) is 0.231. The van der Waals surface area contributed by atoms with Crippen molar-refractivity contribution >= 4 is 44.8 Å². The Bertz CT molecular complexity index is 1440. The second kappa shape index (κ2) is 7.50. The highest BCUT2D eigenvalue weighted by Crippen LogP contribution is 2.39. The van der Waals surface area contributed by atoms with Gasteiger partial charge in [-0.2, -0.15) is 0 Å². The molecule has 0 fully saturated rings. The van der Waals surface area contributed by atoms with E-state index in [-0.39, 0.29) is 17.9 Å². The fourth-order valence-electron chi connectivity index (χ4n) is 4.69. The highest BCUT2D eigenvalue weighted by atomic mass is 16.5. The average Bonchev–Trinajstić information content (AvgIpc) is 3.39. The molecule has 0 aliphatic carbocycles. The van der Waals surface area contributed by atoms with Crippen LogP contribution >= 0.6 is 0 Å². The lowest BCUT2D eigenvalue weighted by Gasteiger charge is -2.10. The molecule has 1 aliphatic heterocycles. The van der Waals surface area contributed by atoms with Gasteiger partial charge >= 0.3 is 0 Å². The number of amides is 2. The average molecular weight is 428 g/mol. The number of nitrogens with one attached hydrogen (secondary N) is 1. The number of para-hydroxylation sites is 1. The number of hydrogen-bond donors (Lipinski definition) is 1. The quantitative estimate of drug-likeness (QED) is 0.479. The first-order chi connectivity index (χ1) is 15.4. The molecule has 0 radical (unpaired) electrons. The van der Waals surface area contributed by atoms with E-state index in [1.54, 1.807) is 7.11 Å². The zero-order valence-corrected chi connectivity index (χ0v) is 18.6. The molecule has 2 amide bonds. The molecule has 0 unspecified atom stereocenters. The van der Waals surface area contributed by atoms with E-state index in [2.05, 4.69) is 29.8 Å². The number of rotatable bonds is 5.